The number of methoxy groups -OCH3 is 3. The number of amides is 1. The van der Waals surface area contributed by atoms with Gasteiger partial charge in [0.15, 0.2) is 11.5 Å². The van der Waals surface area contributed by atoms with E-state index in [2.05, 4.69) is 5.32 Å². The van der Waals surface area contributed by atoms with E-state index in [9.17, 15) is 13.2 Å². The van der Waals surface area contributed by atoms with Crippen molar-refractivity contribution < 1.29 is 27.4 Å². The summed E-state index contributed by atoms with van der Waals surface area (Å²) in [5, 5.41) is 2.95. The van der Waals surface area contributed by atoms with Crippen molar-refractivity contribution in [3.8, 4) is 17.2 Å². The molecule has 35 heavy (non-hydrogen) atoms. The van der Waals surface area contributed by atoms with E-state index in [0.29, 0.717) is 29.4 Å². The molecule has 0 spiro atoms. The van der Waals surface area contributed by atoms with Crippen LogP contribution in [0.4, 0.5) is 5.69 Å². The van der Waals surface area contributed by atoms with Crippen LogP contribution in [0.15, 0.2) is 77.7 Å². The van der Waals surface area contributed by atoms with Crippen LogP contribution in [-0.2, 0) is 14.8 Å². The summed E-state index contributed by atoms with van der Waals surface area (Å²) in [6, 6.07) is 19.6. The summed E-state index contributed by atoms with van der Waals surface area (Å²) < 4.78 is 43.9. The van der Waals surface area contributed by atoms with Gasteiger partial charge in [-0.25, -0.2) is 8.42 Å². The first-order valence-corrected chi connectivity index (χ1v) is 12.5. The van der Waals surface area contributed by atoms with Gasteiger partial charge in [-0.3, -0.25) is 9.10 Å². The van der Waals surface area contributed by atoms with Gasteiger partial charge in [0.1, 0.15) is 12.3 Å². The van der Waals surface area contributed by atoms with Gasteiger partial charge in [-0.05, 0) is 60.5 Å². The summed E-state index contributed by atoms with van der Waals surface area (Å²) in [4.78, 5) is 13.2. The van der Waals surface area contributed by atoms with Gasteiger partial charge in [-0.1, -0.05) is 31.2 Å². The first kappa shape index (κ1) is 25.9. The lowest BCUT2D eigenvalue weighted by Gasteiger charge is -2.26. The molecule has 9 heteroatoms. The second-order valence-electron chi connectivity index (χ2n) is 7.67. The Kier molecular flexibility index (Phi) is 8.59. The zero-order valence-electron chi connectivity index (χ0n) is 20.2. The maximum atomic E-state index is 13.5. The fourth-order valence-corrected chi connectivity index (χ4v) is 5.09. The summed E-state index contributed by atoms with van der Waals surface area (Å²) in [7, 11) is 0.624. The zero-order chi connectivity index (χ0) is 25.4. The Labute approximate surface area is 206 Å². The van der Waals surface area contributed by atoms with Gasteiger partial charge < -0.3 is 19.5 Å². The molecule has 0 fully saturated rings. The number of anilines is 1. The Balaban J connectivity index is 1.89. The van der Waals surface area contributed by atoms with Crippen molar-refractivity contribution in [1.29, 1.82) is 0 Å². The van der Waals surface area contributed by atoms with Crippen LogP contribution in [0.25, 0.3) is 0 Å². The van der Waals surface area contributed by atoms with E-state index in [4.69, 9.17) is 14.2 Å². The molecule has 186 valence electrons. The predicted octanol–water partition coefficient (Wildman–Crippen LogP) is 4.18. The molecule has 0 aliphatic carbocycles. The summed E-state index contributed by atoms with van der Waals surface area (Å²) in [5.74, 6) is 1.26. The number of nitrogens with one attached hydrogen (secondary N) is 1. The molecule has 0 saturated carbocycles. The molecule has 1 N–H and O–H groups in total. The van der Waals surface area contributed by atoms with Crippen molar-refractivity contribution in [2.75, 3.05) is 32.2 Å². The number of carbonyl (C=O) groups excluding carboxylic acids is 1. The highest BCUT2D eigenvalue weighted by molar-refractivity contribution is 7.92. The van der Waals surface area contributed by atoms with Crippen LogP contribution < -0.4 is 23.8 Å². The Morgan fingerprint density at radius 1 is 0.886 bits per heavy atom. The molecule has 1 amide bonds. The van der Waals surface area contributed by atoms with Crippen molar-refractivity contribution in [3.63, 3.8) is 0 Å². The summed E-state index contributed by atoms with van der Waals surface area (Å²) in [6.07, 6.45) is 0.592. The molecule has 3 aromatic rings. The van der Waals surface area contributed by atoms with Crippen LogP contribution in [0.2, 0.25) is 0 Å². The third-order valence-electron chi connectivity index (χ3n) is 5.53. The molecular weight excluding hydrogens is 468 g/mol. The lowest BCUT2D eigenvalue weighted by molar-refractivity contribution is -0.120. The first-order valence-electron chi connectivity index (χ1n) is 11.1. The molecule has 1 unspecified atom stereocenters. The predicted molar refractivity (Wildman–Crippen MR) is 135 cm³/mol. The number of hydrogen-bond donors (Lipinski definition) is 1. The van der Waals surface area contributed by atoms with Gasteiger partial charge in [0.25, 0.3) is 10.0 Å². The van der Waals surface area contributed by atoms with E-state index in [1.807, 2.05) is 13.0 Å². The average Bonchev–Trinajstić information content (AvgIpc) is 2.90. The Bertz CT molecular complexity index is 1230. The fourth-order valence-electron chi connectivity index (χ4n) is 3.64. The van der Waals surface area contributed by atoms with Crippen molar-refractivity contribution >= 4 is 21.6 Å². The molecule has 0 saturated heterocycles. The summed E-state index contributed by atoms with van der Waals surface area (Å²) in [6.45, 7) is 1.54. The Morgan fingerprint density at radius 3 is 2.11 bits per heavy atom. The van der Waals surface area contributed by atoms with Crippen LogP contribution in [0.3, 0.4) is 0 Å². The molecule has 8 nitrogen and oxygen atoms in total. The maximum Gasteiger partial charge on any atom is 0.264 e. The number of nitrogens with zero attached hydrogens (tertiary/aromatic N) is 1. The zero-order valence-corrected chi connectivity index (χ0v) is 21.0. The van der Waals surface area contributed by atoms with E-state index in [1.54, 1.807) is 68.8 Å². The van der Waals surface area contributed by atoms with E-state index in [0.717, 1.165) is 9.87 Å². The molecule has 3 aromatic carbocycles. The summed E-state index contributed by atoms with van der Waals surface area (Å²) >= 11 is 0. The molecule has 1 atom stereocenters. The molecule has 0 heterocycles. The quantitative estimate of drug-likeness (QED) is 0.426. The molecule has 0 bridgehead atoms. The third-order valence-corrected chi connectivity index (χ3v) is 7.32. The highest BCUT2D eigenvalue weighted by Crippen LogP contribution is 2.31. The normalized spacial score (nSPS) is 11.9. The number of sulfonamides is 1. The lowest BCUT2D eigenvalue weighted by atomic mass is 10.0. The molecule has 0 aliphatic heterocycles. The molecule has 0 aromatic heterocycles. The van der Waals surface area contributed by atoms with Crippen molar-refractivity contribution in [2.45, 2.75) is 24.3 Å². The van der Waals surface area contributed by atoms with Gasteiger partial charge in [0.05, 0.1) is 38.0 Å². The smallest absolute Gasteiger partial charge is 0.264 e. The second-order valence-corrected chi connectivity index (χ2v) is 9.53. The first-order chi connectivity index (χ1) is 16.8. The Morgan fingerprint density at radius 2 is 1.54 bits per heavy atom. The van der Waals surface area contributed by atoms with Gasteiger partial charge >= 0.3 is 0 Å². The van der Waals surface area contributed by atoms with Crippen molar-refractivity contribution in [2.24, 2.45) is 0 Å². The minimum atomic E-state index is -4.00. The van der Waals surface area contributed by atoms with E-state index >= 15 is 0 Å². The number of rotatable bonds is 11. The third kappa shape index (κ3) is 6.05. The van der Waals surface area contributed by atoms with Crippen LogP contribution in [0, 0.1) is 0 Å². The monoisotopic (exact) mass is 498 g/mol. The number of ether oxygens (including phenoxy) is 3. The van der Waals surface area contributed by atoms with Crippen molar-refractivity contribution in [3.05, 3.63) is 78.4 Å². The van der Waals surface area contributed by atoms with Gasteiger partial charge in [-0.2, -0.15) is 0 Å². The minimum absolute atomic E-state index is 0.0931. The standard InChI is InChI=1S/C26H30N2O6S/c1-5-23(19-11-16-24(33-3)25(17-19)34-4)27-26(29)18-28(20-12-14-21(32-2)15-13-20)35(30,31)22-9-7-6-8-10-22/h6-17,23H,5,18H2,1-4H3,(H,27,29). The highest BCUT2D eigenvalue weighted by atomic mass is 32.2. The molecule has 3 rings (SSSR count). The van der Waals surface area contributed by atoms with Crippen LogP contribution in [-0.4, -0.2) is 42.2 Å². The van der Waals surface area contributed by atoms with E-state index in [1.165, 1.54) is 19.2 Å². The average molecular weight is 499 g/mol. The van der Waals surface area contributed by atoms with Crippen molar-refractivity contribution in [1.82, 2.24) is 5.32 Å². The van der Waals surface area contributed by atoms with Crippen LogP contribution in [0.1, 0.15) is 24.9 Å². The van der Waals surface area contributed by atoms with Gasteiger partial charge in [-0.15, -0.1) is 0 Å². The molecule has 0 aliphatic rings. The maximum absolute atomic E-state index is 13.5. The second kappa shape index (κ2) is 11.6. The largest absolute Gasteiger partial charge is 0.497 e. The molecule has 0 radical (unpaired) electrons. The minimum Gasteiger partial charge on any atom is -0.497 e. The SMILES string of the molecule is CCC(NC(=O)CN(c1ccc(OC)cc1)S(=O)(=O)c1ccccc1)c1ccc(OC)c(OC)c1. The van der Waals surface area contributed by atoms with Crippen LogP contribution in [0.5, 0.6) is 17.2 Å². The fraction of sp³-hybridized carbons (Fsp3) is 0.269. The van der Waals surface area contributed by atoms with E-state index in [-0.39, 0.29) is 10.9 Å². The number of hydrogen-bond acceptors (Lipinski definition) is 6. The summed E-state index contributed by atoms with van der Waals surface area (Å²) in [5.41, 5.74) is 1.17. The lowest BCUT2D eigenvalue weighted by Crippen LogP contribution is -2.42. The van der Waals surface area contributed by atoms with Gasteiger partial charge in [0.2, 0.25) is 5.91 Å². The Hall–Kier alpha value is -3.72. The highest BCUT2D eigenvalue weighted by Gasteiger charge is 2.28. The van der Waals surface area contributed by atoms with E-state index < -0.39 is 22.5 Å². The van der Waals surface area contributed by atoms with Gasteiger partial charge in [0, 0.05) is 0 Å². The number of carbonyl (C=O) groups is 1. The topological polar surface area (TPSA) is 94.2 Å². The number of benzene rings is 3. The molecular formula is C26H30N2O6S. The van der Waals surface area contributed by atoms with Crippen LogP contribution >= 0.6 is 0 Å².